The number of rotatable bonds is 2. The molecule has 0 fully saturated rings. The van der Waals surface area contributed by atoms with Crippen LogP contribution in [-0.4, -0.2) is 15.1 Å². The lowest BCUT2D eigenvalue weighted by atomic mass is 10.1. The van der Waals surface area contributed by atoms with Crippen molar-refractivity contribution >= 4 is 22.2 Å². The molecule has 1 aromatic carbocycles. The predicted molar refractivity (Wildman–Crippen MR) is 61.1 cm³/mol. The summed E-state index contributed by atoms with van der Waals surface area (Å²) in [7, 11) is 0. The first-order valence-electron chi connectivity index (χ1n) is 4.42. The van der Waals surface area contributed by atoms with Gasteiger partial charge in [-0.25, -0.2) is 0 Å². The van der Waals surface area contributed by atoms with Crippen LogP contribution in [0.5, 0.6) is 0 Å². The molecule has 6 nitrogen and oxygen atoms in total. The Hall–Kier alpha value is -2.02. The van der Waals surface area contributed by atoms with Crippen LogP contribution in [-0.2, 0) is 0 Å². The van der Waals surface area contributed by atoms with E-state index in [1.54, 1.807) is 12.1 Å². The third-order valence-corrected chi connectivity index (χ3v) is 2.81. The van der Waals surface area contributed by atoms with E-state index in [1.807, 2.05) is 6.92 Å². The third kappa shape index (κ3) is 1.84. The maximum atomic E-state index is 10.8. The number of nitro groups is 1. The Morgan fingerprint density at radius 3 is 2.75 bits per heavy atom. The van der Waals surface area contributed by atoms with Gasteiger partial charge in [-0.05, 0) is 18.6 Å². The topological polar surface area (TPSA) is 94.9 Å². The fourth-order valence-corrected chi connectivity index (χ4v) is 1.96. The molecule has 82 valence electrons. The average Bonchev–Trinajstić information content (AvgIpc) is 2.64. The number of aromatic nitrogens is 2. The highest BCUT2D eigenvalue weighted by molar-refractivity contribution is 7.18. The van der Waals surface area contributed by atoms with Gasteiger partial charge in [0.2, 0.25) is 5.13 Å². The standard InChI is InChI=1S/C9H8N4O2S/c1-5-2-3-7(13(14)15)6(4-5)8-11-12-9(10)16-8/h2-4H,1H3,(H2,10,12). The first-order chi connectivity index (χ1) is 7.58. The molecule has 0 saturated carbocycles. The van der Waals surface area contributed by atoms with Crippen molar-refractivity contribution in [2.45, 2.75) is 6.92 Å². The highest BCUT2D eigenvalue weighted by Gasteiger charge is 2.18. The van der Waals surface area contributed by atoms with E-state index >= 15 is 0 Å². The van der Waals surface area contributed by atoms with Gasteiger partial charge in [-0.2, -0.15) is 0 Å². The Balaban J connectivity index is 2.62. The molecule has 0 spiro atoms. The van der Waals surface area contributed by atoms with E-state index in [2.05, 4.69) is 10.2 Å². The van der Waals surface area contributed by atoms with Gasteiger partial charge >= 0.3 is 0 Å². The van der Waals surface area contributed by atoms with E-state index in [0.29, 0.717) is 15.7 Å². The molecule has 0 saturated heterocycles. The lowest BCUT2D eigenvalue weighted by Crippen LogP contribution is -1.92. The normalized spacial score (nSPS) is 10.3. The second-order valence-corrected chi connectivity index (χ2v) is 4.23. The van der Waals surface area contributed by atoms with E-state index in [4.69, 9.17) is 5.73 Å². The van der Waals surface area contributed by atoms with E-state index in [-0.39, 0.29) is 5.69 Å². The van der Waals surface area contributed by atoms with Crippen LogP contribution < -0.4 is 5.73 Å². The molecule has 0 aliphatic rings. The number of nitrogens with zero attached hydrogens (tertiary/aromatic N) is 3. The Bertz CT molecular complexity index is 552. The lowest BCUT2D eigenvalue weighted by Gasteiger charge is -1.99. The number of nitrogen functional groups attached to an aromatic ring is 1. The number of benzene rings is 1. The van der Waals surface area contributed by atoms with Gasteiger partial charge in [0, 0.05) is 6.07 Å². The van der Waals surface area contributed by atoms with Gasteiger partial charge in [-0.15, -0.1) is 10.2 Å². The van der Waals surface area contributed by atoms with Gasteiger partial charge < -0.3 is 5.73 Å². The van der Waals surface area contributed by atoms with E-state index < -0.39 is 4.92 Å². The first-order valence-corrected chi connectivity index (χ1v) is 5.24. The molecule has 1 heterocycles. The van der Waals surface area contributed by atoms with Crippen molar-refractivity contribution in [3.8, 4) is 10.6 Å². The van der Waals surface area contributed by atoms with Gasteiger partial charge in [0.25, 0.3) is 5.69 Å². The summed E-state index contributed by atoms with van der Waals surface area (Å²) in [6, 6.07) is 4.85. The van der Waals surface area contributed by atoms with Gasteiger partial charge in [0.1, 0.15) is 0 Å². The molecule has 0 atom stereocenters. The summed E-state index contributed by atoms with van der Waals surface area (Å²) in [5, 5.41) is 19.1. The second-order valence-electron chi connectivity index (χ2n) is 3.22. The van der Waals surface area contributed by atoms with Gasteiger partial charge in [-0.1, -0.05) is 17.4 Å². The Morgan fingerprint density at radius 2 is 2.19 bits per heavy atom. The zero-order chi connectivity index (χ0) is 11.7. The van der Waals surface area contributed by atoms with Crippen molar-refractivity contribution in [3.05, 3.63) is 33.9 Å². The SMILES string of the molecule is Cc1ccc([N+](=O)[O-])c(-c2nnc(N)s2)c1. The van der Waals surface area contributed by atoms with E-state index in [0.717, 1.165) is 16.9 Å². The second kappa shape index (κ2) is 3.86. The molecular formula is C9H8N4O2S. The van der Waals surface area contributed by atoms with Crippen LogP contribution >= 0.6 is 11.3 Å². The van der Waals surface area contributed by atoms with Crippen LogP contribution in [0.15, 0.2) is 18.2 Å². The van der Waals surface area contributed by atoms with Crippen molar-refractivity contribution in [2.75, 3.05) is 5.73 Å². The number of hydrogen-bond donors (Lipinski definition) is 1. The Labute approximate surface area is 94.9 Å². The molecule has 2 aromatic rings. The molecule has 0 bridgehead atoms. The van der Waals surface area contributed by atoms with Crippen LogP contribution in [0.1, 0.15) is 5.56 Å². The highest BCUT2D eigenvalue weighted by Crippen LogP contribution is 2.33. The summed E-state index contributed by atoms with van der Waals surface area (Å²) in [5.41, 5.74) is 6.85. The zero-order valence-corrected chi connectivity index (χ0v) is 9.19. The average molecular weight is 236 g/mol. The van der Waals surface area contributed by atoms with Crippen molar-refractivity contribution < 1.29 is 4.92 Å². The molecule has 0 aliphatic heterocycles. The fourth-order valence-electron chi connectivity index (χ4n) is 1.32. The summed E-state index contributed by atoms with van der Waals surface area (Å²) in [4.78, 5) is 10.4. The van der Waals surface area contributed by atoms with Crippen LogP contribution in [0, 0.1) is 17.0 Å². The summed E-state index contributed by atoms with van der Waals surface area (Å²) >= 11 is 1.13. The molecular weight excluding hydrogens is 228 g/mol. The minimum Gasteiger partial charge on any atom is -0.374 e. The smallest absolute Gasteiger partial charge is 0.279 e. The number of nitrogens with two attached hydrogens (primary N) is 1. The summed E-state index contributed by atoms with van der Waals surface area (Å²) in [5.74, 6) is 0. The van der Waals surface area contributed by atoms with Crippen LogP contribution in [0.4, 0.5) is 10.8 Å². The van der Waals surface area contributed by atoms with Gasteiger partial charge in [0.05, 0.1) is 10.5 Å². The van der Waals surface area contributed by atoms with Crippen molar-refractivity contribution in [1.29, 1.82) is 0 Å². The van der Waals surface area contributed by atoms with Crippen molar-refractivity contribution in [2.24, 2.45) is 0 Å². The molecule has 0 amide bonds. The largest absolute Gasteiger partial charge is 0.374 e. The van der Waals surface area contributed by atoms with Crippen LogP contribution in [0.25, 0.3) is 10.6 Å². The minimum atomic E-state index is -0.438. The first kappa shape index (κ1) is 10.5. The monoisotopic (exact) mass is 236 g/mol. The number of hydrogen-bond acceptors (Lipinski definition) is 6. The summed E-state index contributed by atoms with van der Waals surface area (Å²) in [6.45, 7) is 1.86. The maximum absolute atomic E-state index is 10.8. The maximum Gasteiger partial charge on any atom is 0.279 e. The fraction of sp³-hybridized carbons (Fsp3) is 0.111. The molecule has 2 N–H and O–H groups in total. The molecule has 0 radical (unpaired) electrons. The lowest BCUT2D eigenvalue weighted by molar-refractivity contribution is -0.384. The van der Waals surface area contributed by atoms with E-state index in [9.17, 15) is 10.1 Å². The van der Waals surface area contributed by atoms with Crippen molar-refractivity contribution in [1.82, 2.24) is 10.2 Å². The molecule has 1 aromatic heterocycles. The number of nitro benzene ring substituents is 1. The Morgan fingerprint density at radius 1 is 1.44 bits per heavy atom. The summed E-state index contributed by atoms with van der Waals surface area (Å²) < 4.78 is 0. The molecule has 16 heavy (non-hydrogen) atoms. The van der Waals surface area contributed by atoms with E-state index in [1.165, 1.54) is 6.07 Å². The quantitative estimate of drug-likeness (QED) is 0.635. The van der Waals surface area contributed by atoms with Crippen LogP contribution in [0.3, 0.4) is 0 Å². The number of aryl methyl sites for hydroxylation is 1. The molecule has 0 unspecified atom stereocenters. The van der Waals surface area contributed by atoms with Crippen LogP contribution in [0.2, 0.25) is 0 Å². The number of anilines is 1. The summed E-state index contributed by atoms with van der Waals surface area (Å²) in [6.07, 6.45) is 0. The van der Waals surface area contributed by atoms with Crippen molar-refractivity contribution in [3.63, 3.8) is 0 Å². The van der Waals surface area contributed by atoms with Gasteiger partial charge in [-0.3, -0.25) is 10.1 Å². The zero-order valence-electron chi connectivity index (χ0n) is 8.38. The van der Waals surface area contributed by atoms with Gasteiger partial charge in [0.15, 0.2) is 5.01 Å². The molecule has 7 heteroatoms. The Kier molecular flexibility index (Phi) is 2.53. The highest BCUT2D eigenvalue weighted by atomic mass is 32.1. The molecule has 0 aliphatic carbocycles. The predicted octanol–water partition coefficient (Wildman–Crippen LogP) is 2.00. The third-order valence-electron chi connectivity index (χ3n) is 2.02. The molecule has 2 rings (SSSR count). The minimum absolute atomic E-state index is 0.0155.